The first kappa shape index (κ1) is 16.5. The van der Waals surface area contributed by atoms with Crippen molar-refractivity contribution in [2.75, 3.05) is 11.9 Å². The van der Waals surface area contributed by atoms with Crippen molar-refractivity contribution in [3.8, 4) is 0 Å². The van der Waals surface area contributed by atoms with Gasteiger partial charge in [0.25, 0.3) is 5.91 Å². The Morgan fingerprint density at radius 1 is 1.09 bits per heavy atom. The number of carbonyl (C=O) groups is 2. The van der Waals surface area contributed by atoms with E-state index in [0.717, 1.165) is 0 Å². The Hall–Kier alpha value is -1.82. The zero-order valence-corrected chi connectivity index (χ0v) is 13.2. The van der Waals surface area contributed by atoms with Crippen LogP contribution < -0.4 is 5.32 Å². The van der Waals surface area contributed by atoms with Crippen molar-refractivity contribution in [3.05, 3.63) is 57.3 Å². The van der Waals surface area contributed by atoms with Gasteiger partial charge in [0.15, 0.2) is 12.3 Å². The lowest BCUT2D eigenvalue weighted by Gasteiger charge is -2.08. The third-order valence-electron chi connectivity index (χ3n) is 2.50. The monoisotopic (exact) mass is 358 g/mol. The molecule has 8 heteroatoms. The molecule has 0 bridgehead atoms. The summed E-state index contributed by atoms with van der Waals surface area (Å²) in [5, 5.41) is 2.56. The molecule has 0 spiro atoms. The lowest BCUT2D eigenvalue weighted by atomic mass is 10.3. The van der Waals surface area contributed by atoms with E-state index in [4.69, 9.17) is 39.5 Å². The van der Waals surface area contributed by atoms with Crippen LogP contribution in [0, 0.1) is 0 Å². The van der Waals surface area contributed by atoms with Crippen LogP contribution in [0.1, 0.15) is 10.5 Å². The van der Waals surface area contributed by atoms with E-state index in [1.807, 2.05) is 6.07 Å². The fourth-order valence-electron chi connectivity index (χ4n) is 1.50. The first-order chi connectivity index (χ1) is 10.5. The summed E-state index contributed by atoms with van der Waals surface area (Å²) in [6.45, 7) is -0.480. The Bertz CT molecular complexity index is 708. The second-order valence-electron chi connectivity index (χ2n) is 4.07. The lowest BCUT2D eigenvalue weighted by molar-refractivity contribution is -0.119. The van der Waals surface area contributed by atoms with Crippen molar-refractivity contribution < 1.29 is 14.3 Å². The molecule has 0 saturated carbocycles. The fraction of sp³-hybridized carbons (Fsp3) is 0.0714. The second kappa shape index (κ2) is 7.45. The molecule has 22 heavy (non-hydrogen) atoms. The van der Waals surface area contributed by atoms with Gasteiger partial charge in [-0.3, -0.25) is 4.79 Å². The highest BCUT2D eigenvalue weighted by atomic mass is 35.5. The standard InChI is InChI=1S/C14H9Cl3N2O3/c15-9-6-18-13(12(17)11(9)16)14(21)22-7-10(20)19-8-4-2-1-3-5-8/h1-6H,7H2,(H,19,20). The molecule has 1 heterocycles. The molecule has 5 nitrogen and oxygen atoms in total. The van der Waals surface area contributed by atoms with Crippen molar-refractivity contribution in [1.29, 1.82) is 0 Å². The molecule has 0 unspecified atom stereocenters. The molecule has 2 aromatic rings. The highest BCUT2D eigenvalue weighted by Crippen LogP contribution is 2.31. The number of nitrogens with one attached hydrogen (secondary N) is 1. The minimum absolute atomic E-state index is 0.000907. The number of nitrogens with zero attached hydrogens (tertiary/aromatic N) is 1. The number of halogens is 3. The van der Waals surface area contributed by atoms with Gasteiger partial charge in [-0.05, 0) is 12.1 Å². The summed E-state index contributed by atoms with van der Waals surface area (Å²) in [5.74, 6) is -1.36. The SMILES string of the molecule is O=C(COC(=O)c1ncc(Cl)c(Cl)c1Cl)Nc1ccccc1. The highest BCUT2D eigenvalue weighted by Gasteiger charge is 2.19. The summed E-state index contributed by atoms with van der Waals surface area (Å²) in [6.07, 6.45) is 1.18. The molecule has 1 N–H and O–H groups in total. The van der Waals surface area contributed by atoms with Gasteiger partial charge in [-0.1, -0.05) is 53.0 Å². The largest absolute Gasteiger partial charge is 0.451 e. The number of aromatic nitrogens is 1. The van der Waals surface area contributed by atoms with E-state index in [2.05, 4.69) is 10.3 Å². The van der Waals surface area contributed by atoms with Gasteiger partial charge in [0.2, 0.25) is 0 Å². The van der Waals surface area contributed by atoms with Gasteiger partial charge in [-0.2, -0.15) is 0 Å². The van der Waals surface area contributed by atoms with E-state index in [-0.39, 0.29) is 20.8 Å². The Labute approximate surface area is 141 Å². The molecule has 0 radical (unpaired) electrons. The zero-order valence-electron chi connectivity index (χ0n) is 11.0. The number of rotatable bonds is 4. The summed E-state index contributed by atoms with van der Waals surface area (Å²) >= 11 is 17.4. The zero-order chi connectivity index (χ0) is 16.1. The van der Waals surface area contributed by atoms with E-state index >= 15 is 0 Å². The van der Waals surface area contributed by atoms with Crippen LogP contribution in [0.15, 0.2) is 36.5 Å². The van der Waals surface area contributed by atoms with Crippen LogP contribution in [0.3, 0.4) is 0 Å². The van der Waals surface area contributed by atoms with Crippen LogP contribution in [0.4, 0.5) is 5.69 Å². The summed E-state index contributed by atoms with van der Waals surface area (Å²) in [5.41, 5.74) is 0.387. The first-order valence-corrected chi connectivity index (χ1v) is 7.14. The molecule has 0 aliphatic carbocycles. The van der Waals surface area contributed by atoms with Gasteiger partial charge in [0.05, 0.1) is 15.1 Å². The van der Waals surface area contributed by atoms with E-state index in [1.165, 1.54) is 6.20 Å². The summed E-state index contributed by atoms with van der Waals surface area (Å²) in [4.78, 5) is 27.2. The number of carbonyl (C=O) groups excluding carboxylic acids is 2. The van der Waals surface area contributed by atoms with Crippen molar-refractivity contribution in [1.82, 2.24) is 4.98 Å². The Morgan fingerprint density at radius 3 is 2.45 bits per heavy atom. The number of pyridine rings is 1. The highest BCUT2D eigenvalue weighted by molar-refractivity contribution is 6.48. The number of benzene rings is 1. The topological polar surface area (TPSA) is 68.3 Å². The average Bonchev–Trinajstić information content (AvgIpc) is 2.51. The number of para-hydroxylation sites is 1. The number of amides is 1. The lowest BCUT2D eigenvalue weighted by Crippen LogP contribution is -2.21. The second-order valence-corrected chi connectivity index (χ2v) is 5.24. The van der Waals surface area contributed by atoms with Crippen LogP contribution in [0.25, 0.3) is 0 Å². The van der Waals surface area contributed by atoms with Crippen molar-refractivity contribution in [3.63, 3.8) is 0 Å². The summed E-state index contributed by atoms with van der Waals surface area (Å²) in [6, 6.07) is 8.75. The van der Waals surface area contributed by atoms with Gasteiger partial charge >= 0.3 is 5.97 Å². The molecule has 114 valence electrons. The Balaban J connectivity index is 1.96. The molecule has 0 aliphatic rings. The van der Waals surface area contributed by atoms with Gasteiger partial charge in [-0.25, -0.2) is 9.78 Å². The number of hydrogen-bond donors (Lipinski definition) is 1. The van der Waals surface area contributed by atoms with Gasteiger partial charge in [0, 0.05) is 11.9 Å². The van der Waals surface area contributed by atoms with Crippen LogP contribution in [-0.4, -0.2) is 23.5 Å². The number of esters is 1. The fourth-order valence-corrected chi connectivity index (χ4v) is 2.06. The Kier molecular flexibility index (Phi) is 5.60. The van der Waals surface area contributed by atoms with Crippen LogP contribution in [0.5, 0.6) is 0 Å². The van der Waals surface area contributed by atoms with Gasteiger partial charge in [-0.15, -0.1) is 0 Å². The minimum Gasteiger partial charge on any atom is -0.451 e. The van der Waals surface area contributed by atoms with E-state index in [9.17, 15) is 9.59 Å². The van der Waals surface area contributed by atoms with Crippen molar-refractivity contribution >= 4 is 52.4 Å². The molecular weight excluding hydrogens is 351 g/mol. The molecule has 0 aliphatic heterocycles. The minimum atomic E-state index is -0.869. The Morgan fingerprint density at radius 2 is 1.77 bits per heavy atom. The normalized spacial score (nSPS) is 10.1. The molecule has 1 amide bonds. The quantitative estimate of drug-likeness (QED) is 0.842. The van der Waals surface area contributed by atoms with Gasteiger partial charge in [0.1, 0.15) is 0 Å². The van der Waals surface area contributed by atoms with E-state index < -0.39 is 18.5 Å². The number of anilines is 1. The summed E-state index contributed by atoms with van der Waals surface area (Å²) in [7, 11) is 0. The van der Waals surface area contributed by atoms with Crippen LogP contribution in [-0.2, 0) is 9.53 Å². The van der Waals surface area contributed by atoms with Gasteiger partial charge < -0.3 is 10.1 Å². The maximum absolute atomic E-state index is 11.8. The third kappa shape index (κ3) is 4.10. The smallest absolute Gasteiger partial charge is 0.359 e. The van der Waals surface area contributed by atoms with Crippen molar-refractivity contribution in [2.24, 2.45) is 0 Å². The average molecular weight is 360 g/mol. The van der Waals surface area contributed by atoms with Crippen molar-refractivity contribution in [2.45, 2.75) is 0 Å². The van der Waals surface area contributed by atoms with Crippen LogP contribution in [0.2, 0.25) is 15.1 Å². The molecule has 0 atom stereocenters. The molecule has 1 aromatic carbocycles. The van der Waals surface area contributed by atoms with E-state index in [0.29, 0.717) is 5.69 Å². The molecule has 0 fully saturated rings. The van der Waals surface area contributed by atoms with E-state index in [1.54, 1.807) is 24.3 Å². The number of ether oxygens (including phenoxy) is 1. The molecule has 1 aromatic heterocycles. The maximum atomic E-state index is 11.8. The number of hydrogen-bond acceptors (Lipinski definition) is 4. The first-order valence-electron chi connectivity index (χ1n) is 6.00. The van der Waals surface area contributed by atoms with Crippen LogP contribution >= 0.6 is 34.8 Å². The summed E-state index contributed by atoms with van der Waals surface area (Å²) < 4.78 is 4.84. The molecule has 0 saturated heterocycles. The molecule has 2 rings (SSSR count). The predicted molar refractivity (Wildman–Crippen MR) is 84.6 cm³/mol. The maximum Gasteiger partial charge on any atom is 0.359 e. The molecular formula is C14H9Cl3N2O3. The third-order valence-corrected chi connectivity index (χ3v) is 3.74. The predicted octanol–water partition coefficient (Wildman–Crippen LogP) is 3.84.